The number of H-pyrrole nitrogens is 1. The van der Waals surface area contributed by atoms with E-state index in [0.717, 1.165) is 27.0 Å². The number of hydrogen-bond acceptors (Lipinski definition) is 5. The Morgan fingerprint density at radius 1 is 1.22 bits per heavy atom. The number of nitrogens with two attached hydrogens (primary N) is 1. The van der Waals surface area contributed by atoms with Crippen LogP contribution in [0.25, 0.3) is 22.0 Å². The molecule has 1 aliphatic heterocycles. The molecule has 0 saturated carbocycles. The number of carbonyl (C=O) groups is 2. The number of aromatic nitrogens is 1. The molecule has 3 heterocycles. The molecule has 5 N–H and O–H groups in total. The summed E-state index contributed by atoms with van der Waals surface area (Å²) in [6.07, 6.45) is 3.57. The van der Waals surface area contributed by atoms with Crippen molar-refractivity contribution in [3.8, 4) is 11.1 Å². The van der Waals surface area contributed by atoms with Crippen LogP contribution in [0.3, 0.4) is 0 Å². The summed E-state index contributed by atoms with van der Waals surface area (Å²) >= 11 is 1.55. The molecule has 11 heteroatoms. The zero-order chi connectivity index (χ0) is 26.0. The lowest BCUT2D eigenvalue weighted by Gasteiger charge is -2.31. The van der Waals surface area contributed by atoms with Crippen molar-refractivity contribution >= 4 is 44.3 Å². The maximum Gasteiger partial charge on any atom is 0.404 e. The molecule has 194 valence electrons. The Labute approximate surface area is 214 Å². The second-order valence-corrected chi connectivity index (χ2v) is 12.4. The van der Waals surface area contributed by atoms with Crippen LogP contribution in [-0.2, 0) is 16.4 Å². The molecule has 36 heavy (non-hydrogen) atoms. The second-order valence-electron chi connectivity index (χ2n) is 9.19. The molecule has 4 rings (SSSR count). The predicted octanol–water partition coefficient (Wildman–Crippen LogP) is 4.11. The Morgan fingerprint density at radius 3 is 2.56 bits per heavy atom. The first-order chi connectivity index (χ1) is 17.1. The van der Waals surface area contributed by atoms with Crippen LogP contribution in [-0.4, -0.2) is 59.7 Å². The van der Waals surface area contributed by atoms with Crippen molar-refractivity contribution in [1.82, 2.24) is 14.6 Å². The van der Waals surface area contributed by atoms with E-state index in [9.17, 15) is 18.0 Å². The van der Waals surface area contributed by atoms with E-state index >= 15 is 0 Å². The van der Waals surface area contributed by atoms with Crippen molar-refractivity contribution in [2.24, 2.45) is 5.73 Å². The third-order valence-electron chi connectivity index (χ3n) is 6.99. The van der Waals surface area contributed by atoms with E-state index in [1.54, 1.807) is 28.6 Å². The van der Waals surface area contributed by atoms with E-state index in [1.165, 1.54) is 0 Å². The number of thiophene rings is 1. The van der Waals surface area contributed by atoms with Crippen LogP contribution in [0.15, 0.2) is 29.8 Å². The molecule has 1 unspecified atom stereocenters. The third-order valence-corrected chi connectivity index (χ3v) is 9.83. The van der Waals surface area contributed by atoms with Gasteiger partial charge in [0.15, 0.2) is 0 Å². The quantitative estimate of drug-likeness (QED) is 0.328. The molecule has 1 aromatic carbocycles. The number of aromatic amines is 1. The van der Waals surface area contributed by atoms with E-state index < -0.39 is 22.0 Å². The van der Waals surface area contributed by atoms with Crippen molar-refractivity contribution in [3.05, 3.63) is 45.8 Å². The Kier molecular flexibility index (Phi) is 7.72. The average molecular weight is 533 g/mol. The Bertz CT molecular complexity index is 1370. The van der Waals surface area contributed by atoms with Crippen LogP contribution in [0.4, 0.5) is 4.79 Å². The number of carboxylic acid groups (broad SMARTS) is 1. The van der Waals surface area contributed by atoms with Gasteiger partial charge in [0.2, 0.25) is 10.0 Å². The molecule has 0 aliphatic carbocycles. The largest absolute Gasteiger partial charge is 0.465 e. The normalized spacial score (nSPS) is 16.3. The number of carbonyl (C=O) groups excluding carboxylic acids is 1. The van der Waals surface area contributed by atoms with E-state index in [2.05, 4.69) is 16.4 Å². The van der Waals surface area contributed by atoms with E-state index in [0.29, 0.717) is 49.9 Å². The van der Waals surface area contributed by atoms with Crippen molar-refractivity contribution in [3.63, 3.8) is 0 Å². The van der Waals surface area contributed by atoms with Crippen molar-refractivity contribution < 1.29 is 23.1 Å². The van der Waals surface area contributed by atoms with Crippen LogP contribution in [0.1, 0.15) is 59.8 Å². The molecule has 9 nitrogen and oxygen atoms in total. The first-order valence-electron chi connectivity index (χ1n) is 12.1. The zero-order valence-electron chi connectivity index (χ0n) is 20.4. The van der Waals surface area contributed by atoms with Gasteiger partial charge in [-0.15, -0.1) is 11.3 Å². The number of piperidine rings is 1. The summed E-state index contributed by atoms with van der Waals surface area (Å²) in [5, 5.41) is 14.5. The fourth-order valence-corrected chi connectivity index (χ4v) is 7.04. The average Bonchev–Trinajstić information content (AvgIpc) is 3.50. The number of hydrogen-bond donors (Lipinski definition) is 4. The highest BCUT2D eigenvalue weighted by molar-refractivity contribution is 7.89. The molecular formula is C25H32N4O5S2. The van der Waals surface area contributed by atoms with Gasteiger partial charge in [0.05, 0.1) is 16.8 Å². The number of rotatable bonds is 9. The smallest absolute Gasteiger partial charge is 0.404 e. The topological polar surface area (TPSA) is 146 Å². The van der Waals surface area contributed by atoms with Crippen molar-refractivity contribution in [1.29, 1.82) is 0 Å². The monoisotopic (exact) mass is 532 g/mol. The highest BCUT2D eigenvalue weighted by Crippen LogP contribution is 2.38. The fourth-order valence-electron chi connectivity index (χ4n) is 4.93. The lowest BCUT2D eigenvalue weighted by molar-refractivity contribution is 0.100. The summed E-state index contributed by atoms with van der Waals surface area (Å²) in [6.45, 7) is 4.56. The molecule has 1 aliphatic rings. The molecule has 0 radical (unpaired) electrons. The number of nitrogens with zero attached hydrogens (tertiary/aromatic N) is 1. The van der Waals surface area contributed by atoms with Gasteiger partial charge in [0, 0.05) is 42.0 Å². The minimum atomic E-state index is -3.20. The van der Waals surface area contributed by atoms with Crippen molar-refractivity contribution in [2.45, 2.75) is 51.5 Å². The van der Waals surface area contributed by atoms with Crippen LogP contribution in [0, 0.1) is 0 Å². The standard InChI is InChI=1S/C25H32N4O5S2/c1-3-18(28-25(31)32)12-19-9-17(14-35-19)16-10-20-22(13-27-23(20)21(11-16)24(26)30)15-5-7-29(8-6-15)36(33,34)4-2/h9-11,13-15,18,27-28H,3-8,12H2,1-2H3,(H2,26,30)(H,31,32). The highest BCUT2D eigenvalue weighted by atomic mass is 32.2. The lowest BCUT2D eigenvalue weighted by atomic mass is 9.88. The molecule has 1 fully saturated rings. The van der Waals surface area contributed by atoms with Gasteiger partial charge in [-0.25, -0.2) is 17.5 Å². The number of nitrogens with one attached hydrogen (secondary N) is 2. The SMILES string of the molecule is CCC(Cc1cc(-c2cc(C(N)=O)c3[nH]cc(C4CCN(S(=O)(=O)CC)CC4)c3c2)cs1)NC(=O)O. The minimum absolute atomic E-state index is 0.101. The first kappa shape index (κ1) is 26.2. The summed E-state index contributed by atoms with van der Waals surface area (Å²) in [5.74, 6) is -0.251. The zero-order valence-corrected chi connectivity index (χ0v) is 22.0. The van der Waals surface area contributed by atoms with Gasteiger partial charge < -0.3 is 21.1 Å². The van der Waals surface area contributed by atoms with E-state index in [4.69, 9.17) is 10.8 Å². The maximum atomic E-state index is 12.3. The van der Waals surface area contributed by atoms with Gasteiger partial charge >= 0.3 is 6.09 Å². The first-order valence-corrected chi connectivity index (χ1v) is 14.6. The molecule has 1 atom stereocenters. The lowest BCUT2D eigenvalue weighted by Crippen LogP contribution is -2.38. The Morgan fingerprint density at radius 2 is 1.94 bits per heavy atom. The number of amides is 2. The summed E-state index contributed by atoms with van der Waals surface area (Å²) in [6, 6.07) is 5.71. The fraction of sp³-hybridized carbons (Fsp3) is 0.440. The summed E-state index contributed by atoms with van der Waals surface area (Å²) in [5.41, 5.74) is 9.71. The van der Waals surface area contributed by atoms with Gasteiger partial charge in [0.25, 0.3) is 5.91 Å². The number of sulfonamides is 1. The molecular weight excluding hydrogens is 500 g/mol. The molecule has 2 aromatic heterocycles. The predicted molar refractivity (Wildman–Crippen MR) is 142 cm³/mol. The second kappa shape index (κ2) is 10.6. The third kappa shape index (κ3) is 5.42. The van der Waals surface area contributed by atoms with Gasteiger partial charge in [-0.05, 0) is 72.4 Å². The van der Waals surface area contributed by atoms with Gasteiger partial charge in [0.1, 0.15) is 0 Å². The van der Waals surface area contributed by atoms with Crippen LogP contribution >= 0.6 is 11.3 Å². The van der Waals surface area contributed by atoms with Crippen molar-refractivity contribution in [2.75, 3.05) is 18.8 Å². The highest BCUT2D eigenvalue weighted by Gasteiger charge is 2.29. The summed E-state index contributed by atoms with van der Waals surface area (Å²) in [7, 11) is -3.20. The summed E-state index contributed by atoms with van der Waals surface area (Å²) in [4.78, 5) is 27.7. The van der Waals surface area contributed by atoms with Gasteiger partial charge in [-0.3, -0.25) is 4.79 Å². The molecule has 2 amide bonds. The molecule has 0 spiro atoms. The Hall–Kier alpha value is -2.89. The summed E-state index contributed by atoms with van der Waals surface area (Å²) < 4.78 is 26.1. The molecule has 3 aromatic rings. The number of fused-ring (bicyclic) bond motifs is 1. The van der Waals surface area contributed by atoms with E-state index in [1.807, 2.05) is 24.6 Å². The van der Waals surface area contributed by atoms with E-state index in [-0.39, 0.29) is 17.7 Å². The van der Waals surface area contributed by atoms with Crippen LogP contribution < -0.4 is 11.1 Å². The minimum Gasteiger partial charge on any atom is -0.465 e. The molecule has 1 saturated heterocycles. The van der Waals surface area contributed by atoms with Gasteiger partial charge in [-0.2, -0.15) is 0 Å². The van der Waals surface area contributed by atoms with Gasteiger partial charge in [-0.1, -0.05) is 6.92 Å². The van der Waals surface area contributed by atoms with Crippen LogP contribution in [0.5, 0.6) is 0 Å². The number of benzene rings is 1. The maximum absolute atomic E-state index is 12.3. The Balaban J connectivity index is 1.64. The number of primary amides is 1. The van der Waals surface area contributed by atoms with Crippen LogP contribution in [0.2, 0.25) is 0 Å². The molecule has 0 bridgehead atoms.